The van der Waals surface area contributed by atoms with Crippen LogP contribution < -0.4 is 9.80 Å². The number of ether oxygens (including phenoxy) is 2. The van der Waals surface area contributed by atoms with Crippen LogP contribution in [0.2, 0.25) is 0 Å². The number of likely N-dealkylation sites (N-methyl/N-ethyl adjacent to an activating group) is 1. The first-order valence-corrected chi connectivity index (χ1v) is 9.04. The van der Waals surface area contributed by atoms with E-state index in [1.807, 2.05) is 42.3 Å². The minimum absolute atomic E-state index is 0.144. The van der Waals surface area contributed by atoms with Crippen molar-refractivity contribution in [2.24, 2.45) is 0 Å². The maximum atomic E-state index is 12.7. The molecule has 0 saturated carbocycles. The molecular weight excluding hydrogens is 344 g/mol. The van der Waals surface area contributed by atoms with Crippen LogP contribution in [0.25, 0.3) is 10.8 Å². The second kappa shape index (κ2) is 6.30. The summed E-state index contributed by atoms with van der Waals surface area (Å²) in [6, 6.07) is 11.5. The summed E-state index contributed by atoms with van der Waals surface area (Å²) in [6.45, 7) is 5.29. The number of amides is 1. The summed E-state index contributed by atoms with van der Waals surface area (Å²) in [5.41, 5.74) is 2.07. The second-order valence-corrected chi connectivity index (χ2v) is 6.83. The van der Waals surface area contributed by atoms with E-state index in [9.17, 15) is 9.59 Å². The lowest BCUT2D eigenvalue weighted by molar-refractivity contribution is -0.138. The summed E-state index contributed by atoms with van der Waals surface area (Å²) in [5, 5.41) is 2.12. The summed E-state index contributed by atoms with van der Waals surface area (Å²) < 4.78 is 11.3. The van der Waals surface area contributed by atoms with E-state index in [0.717, 1.165) is 22.1 Å². The third-order valence-electron chi connectivity index (χ3n) is 5.22. The third kappa shape index (κ3) is 2.55. The maximum Gasteiger partial charge on any atom is 0.339 e. The zero-order valence-electron chi connectivity index (χ0n) is 15.9. The van der Waals surface area contributed by atoms with Crippen molar-refractivity contribution in [1.29, 1.82) is 0 Å². The van der Waals surface area contributed by atoms with Crippen molar-refractivity contribution < 1.29 is 19.1 Å². The fourth-order valence-electron chi connectivity index (χ4n) is 4.02. The minimum Gasteiger partial charge on any atom is -0.472 e. The Labute approximate surface area is 157 Å². The van der Waals surface area contributed by atoms with Gasteiger partial charge < -0.3 is 14.4 Å². The number of hydrogen-bond acceptors (Lipinski definition) is 5. The van der Waals surface area contributed by atoms with Gasteiger partial charge in [-0.05, 0) is 36.8 Å². The number of rotatable bonds is 2. The molecule has 0 saturated heterocycles. The molecule has 2 aliphatic heterocycles. The zero-order chi connectivity index (χ0) is 19.3. The van der Waals surface area contributed by atoms with Crippen LogP contribution in [0, 0.1) is 0 Å². The van der Waals surface area contributed by atoms with E-state index in [4.69, 9.17) is 9.47 Å². The van der Waals surface area contributed by atoms with Gasteiger partial charge in [-0.1, -0.05) is 24.3 Å². The lowest BCUT2D eigenvalue weighted by Gasteiger charge is -2.44. The normalized spacial score (nSPS) is 21.0. The summed E-state index contributed by atoms with van der Waals surface area (Å²) >= 11 is 0. The van der Waals surface area contributed by atoms with Crippen molar-refractivity contribution in [2.45, 2.75) is 33.0 Å². The highest BCUT2D eigenvalue weighted by Gasteiger charge is 2.50. The van der Waals surface area contributed by atoms with E-state index in [0.29, 0.717) is 11.3 Å². The number of carbonyl (C=O) groups excluding carboxylic acids is 2. The number of carbonyl (C=O) groups is 2. The predicted octanol–water partition coefficient (Wildman–Crippen LogP) is 3.20. The Morgan fingerprint density at radius 2 is 1.78 bits per heavy atom. The molecule has 4 rings (SSSR count). The van der Waals surface area contributed by atoms with E-state index in [1.54, 1.807) is 18.7 Å². The number of esters is 1. The van der Waals surface area contributed by atoms with Gasteiger partial charge in [0.15, 0.2) is 6.23 Å². The largest absolute Gasteiger partial charge is 0.472 e. The van der Waals surface area contributed by atoms with Gasteiger partial charge in [-0.3, -0.25) is 9.69 Å². The Hall–Kier alpha value is -3.02. The van der Waals surface area contributed by atoms with Crippen LogP contribution in [-0.4, -0.2) is 37.8 Å². The first-order chi connectivity index (χ1) is 12.9. The van der Waals surface area contributed by atoms with E-state index in [2.05, 4.69) is 6.07 Å². The summed E-state index contributed by atoms with van der Waals surface area (Å²) in [7, 11) is 1.92. The number of anilines is 2. The van der Waals surface area contributed by atoms with Crippen LogP contribution in [0.3, 0.4) is 0 Å². The highest BCUT2D eigenvalue weighted by molar-refractivity contribution is 6.05. The van der Waals surface area contributed by atoms with E-state index in [1.165, 1.54) is 6.92 Å². The Morgan fingerprint density at radius 3 is 2.37 bits per heavy atom. The Balaban J connectivity index is 1.91. The molecule has 0 radical (unpaired) electrons. The van der Waals surface area contributed by atoms with Crippen LogP contribution in [0.15, 0.2) is 47.7 Å². The lowest BCUT2D eigenvalue weighted by atomic mass is 9.97. The van der Waals surface area contributed by atoms with Crippen LogP contribution in [-0.2, 0) is 19.1 Å². The molecule has 2 aromatic rings. The van der Waals surface area contributed by atoms with Gasteiger partial charge in [-0.2, -0.15) is 0 Å². The van der Waals surface area contributed by atoms with Crippen molar-refractivity contribution >= 4 is 34.0 Å². The molecule has 2 heterocycles. The molecule has 0 fully saturated rings. The van der Waals surface area contributed by atoms with Crippen molar-refractivity contribution in [3.05, 3.63) is 47.7 Å². The van der Waals surface area contributed by atoms with E-state index in [-0.39, 0.29) is 12.5 Å². The van der Waals surface area contributed by atoms with Crippen molar-refractivity contribution in [3.63, 3.8) is 0 Å². The average molecular weight is 366 g/mol. The molecule has 1 amide bonds. The molecule has 2 atom stereocenters. The molecule has 0 aliphatic carbocycles. The molecule has 2 aromatic carbocycles. The SMILES string of the molecule is CCOC(=O)C1=C(C)OC2C1N(C(C)=O)c1cc3ccccc3cc1N2C. The first-order valence-electron chi connectivity index (χ1n) is 9.04. The van der Waals surface area contributed by atoms with Gasteiger partial charge in [0, 0.05) is 14.0 Å². The summed E-state index contributed by atoms with van der Waals surface area (Å²) in [5.74, 6) is -0.0833. The van der Waals surface area contributed by atoms with Gasteiger partial charge in [0.2, 0.25) is 5.91 Å². The molecule has 0 bridgehead atoms. The summed E-state index contributed by atoms with van der Waals surface area (Å²) in [4.78, 5) is 28.9. The van der Waals surface area contributed by atoms with Gasteiger partial charge in [0.1, 0.15) is 17.4 Å². The number of hydrogen-bond donors (Lipinski definition) is 0. The molecule has 6 heteroatoms. The van der Waals surface area contributed by atoms with Gasteiger partial charge in [-0.15, -0.1) is 0 Å². The Bertz CT molecular complexity index is 981. The van der Waals surface area contributed by atoms with Crippen molar-refractivity contribution in [3.8, 4) is 0 Å². The van der Waals surface area contributed by atoms with Crippen molar-refractivity contribution in [1.82, 2.24) is 0 Å². The number of nitrogens with zero attached hydrogens (tertiary/aromatic N) is 2. The third-order valence-corrected chi connectivity index (χ3v) is 5.22. The zero-order valence-corrected chi connectivity index (χ0v) is 15.9. The Morgan fingerprint density at radius 1 is 1.15 bits per heavy atom. The number of fused-ring (bicyclic) bond motifs is 3. The minimum atomic E-state index is -0.541. The molecule has 27 heavy (non-hydrogen) atoms. The molecule has 140 valence electrons. The van der Waals surface area contributed by atoms with Gasteiger partial charge in [-0.25, -0.2) is 4.79 Å². The highest BCUT2D eigenvalue weighted by Crippen LogP contribution is 2.46. The molecular formula is C21H22N2O4. The topological polar surface area (TPSA) is 59.1 Å². The monoisotopic (exact) mass is 366 g/mol. The molecule has 0 spiro atoms. The van der Waals surface area contributed by atoms with Gasteiger partial charge in [0.25, 0.3) is 0 Å². The maximum absolute atomic E-state index is 12.7. The molecule has 0 N–H and O–H groups in total. The first kappa shape index (κ1) is 17.4. The Kier molecular flexibility index (Phi) is 4.06. The quantitative estimate of drug-likeness (QED) is 0.764. The van der Waals surface area contributed by atoms with Gasteiger partial charge >= 0.3 is 5.97 Å². The highest BCUT2D eigenvalue weighted by atomic mass is 16.5. The second-order valence-electron chi connectivity index (χ2n) is 6.83. The lowest BCUT2D eigenvalue weighted by Crippen LogP contribution is -2.56. The molecule has 6 nitrogen and oxygen atoms in total. The summed E-state index contributed by atoms with van der Waals surface area (Å²) in [6.07, 6.45) is -0.470. The molecule has 0 aromatic heterocycles. The van der Waals surface area contributed by atoms with Crippen LogP contribution in [0.1, 0.15) is 20.8 Å². The van der Waals surface area contributed by atoms with Crippen LogP contribution >= 0.6 is 0 Å². The number of allylic oxidation sites excluding steroid dienone is 1. The standard InChI is InChI=1S/C21H22N2O4/c1-5-26-21(25)18-12(2)27-20-19(18)23(13(3)24)17-11-15-9-7-6-8-14(15)10-16(17)22(20)4/h6-11,19-20H,5H2,1-4H3. The van der Waals surface area contributed by atoms with Crippen LogP contribution in [0.4, 0.5) is 11.4 Å². The van der Waals surface area contributed by atoms with Gasteiger partial charge in [0.05, 0.1) is 18.0 Å². The smallest absolute Gasteiger partial charge is 0.339 e. The average Bonchev–Trinajstić information content (AvgIpc) is 2.97. The van der Waals surface area contributed by atoms with E-state index < -0.39 is 18.2 Å². The number of benzene rings is 2. The van der Waals surface area contributed by atoms with Crippen molar-refractivity contribution in [2.75, 3.05) is 23.5 Å². The fourth-order valence-corrected chi connectivity index (χ4v) is 4.02. The molecule has 2 unspecified atom stereocenters. The van der Waals surface area contributed by atoms with E-state index >= 15 is 0 Å². The van der Waals surface area contributed by atoms with Crippen LogP contribution in [0.5, 0.6) is 0 Å². The fraction of sp³-hybridized carbons (Fsp3) is 0.333. The predicted molar refractivity (Wildman–Crippen MR) is 104 cm³/mol. The molecule has 2 aliphatic rings.